The molecule has 1 heterocycles. The van der Waals surface area contributed by atoms with Crippen LogP contribution in [0.2, 0.25) is 0 Å². The second-order valence-corrected chi connectivity index (χ2v) is 4.71. The van der Waals surface area contributed by atoms with E-state index < -0.39 is 16.9 Å². The molecule has 1 aromatic rings. The summed E-state index contributed by atoms with van der Waals surface area (Å²) >= 11 is 0. The number of nitrogens with one attached hydrogen (secondary N) is 1. The highest BCUT2D eigenvalue weighted by Gasteiger charge is 2.22. The van der Waals surface area contributed by atoms with Gasteiger partial charge in [-0.15, -0.1) is 0 Å². The molecule has 8 nitrogen and oxygen atoms in total. The third-order valence-electron chi connectivity index (χ3n) is 2.61. The molecule has 0 aliphatic rings. The number of methoxy groups -OCH3 is 1. The Morgan fingerprint density at radius 3 is 2.65 bits per heavy atom. The van der Waals surface area contributed by atoms with Crippen LogP contribution in [-0.2, 0) is 9.53 Å². The predicted octanol–water partition coefficient (Wildman–Crippen LogP) is 1.57. The van der Waals surface area contributed by atoms with Gasteiger partial charge < -0.3 is 15.8 Å². The summed E-state index contributed by atoms with van der Waals surface area (Å²) in [4.78, 5) is 25.6. The van der Waals surface area contributed by atoms with E-state index in [1.165, 1.54) is 19.2 Å². The third-order valence-corrected chi connectivity index (χ3v) is 2.61. The van der Waals surface area contributed by atoms with Gasteiger partial charge in [0.1, 0.15) is 11.9 Å². The fraction of sp³-hybridized carbons (Fsp3) is 0.500. The highest BCUT2D eigenvalue weighted by molar-refractivity contribution is 5.79. The summed E-state index contributed by atoms with van der Waals surface area (Å²) in [6.07, 6.45) is 0.547. The average Bonchev–Trinajstić information content (AvgIpc) is 2.36. The third kappa shape index (κ3) is 4.08. The van der Waals surface area contributed by atoms with Gasteiger partial charge in [-0.25, -0.2) is 9.78 Å². The van der Waals surface area contributed by atoms with Gasteiger partial charge in [-0.2, -0.15) is 0 Å². The zero-order valence-electron chi connectivity index (χ0n) is 11.6. The Kier molecular flexibility index (Phi) is 5.24. The summed E-state index contributed by atoms with van der Waals surface area (Å²) in [5.74, 6) is -0.0586. The number of esters is 1. The van der Waals surface area contributed by atoms with E-state index in [0.29, 0.717) is 12.2 Å². The maximum absolute atomic E-state index is 11.7. The Morgan fingerprint density at radius 1 is 1.55 bits per heavy atom. The first-order valence-corrected chi connectivity index (χ1v) is 6.10. The maximum atomic E-state index is 11.7. The number of aromatic nitrogens is 1. The monoisotopic (exact) mass is 282 g/mol. The van der Waals surface area contributed by atoms with Crippen molar-refractivity contribution in [1.82, 2.24) is 4.98 Å². The molecule has 1 rings (SSSR count). The van der Waals surface area contributed by atoms with E-state index in [2.05, 4.69) is 10.3 Å². The molecule has 110 valence electrons. The molecule has 0 bridgehead atoms. The molecule has 0 aliphatic heterocycles. The number of nitro groups is 1. The highest BCUT2D eigenvalue weighted by atomic mass is 16.6. The Hall–Kier alpha value is -2.38. The van der Waals surface area contributed by atoms with Crippen molar-refractivity contribution in [1.29, 1.82) is 0 Å². The number of nitrogens with two attached hydrogens (primary N) is 1. The van der Waals surface area contributed by atoms with E-state index in [-0.39, 0.29) is 17.4 Å². The number of pyridine rings is 1. The summed E-state index contributed by atoms with van der Waals surface area (Å²) in [6.45, 7) is 3.94. The lowest BCUT2D eigenvalue weighted by Gasteiger charge is -2.18. The minimum Gasteiger partial charge on any atom is -0.467 e. The fourth-order valence-corrected chi connectivity index (χ4v) is 1.71. The minimum absolute atomic E-state index is 0.201. The molecule has 0 saturated heterocycles. The van der Waals surface area contributed by atoms with Crippen molar-refractivity contribution in [2.24, 2.45) is 5.92 Å². The van der Waals surface area contributed by atoms with Crippen molar-refractivity contribution in [2.45, 2.75) is 26.3 Å². The zero-order chi connectivity index (χ0) is 15.3. The molecule has 0 fully saturated rings. The normalized spacial score (nSPS) is 12.0. The van der Waals surface area contributed by atoms with Crippen molar-refractivity contribution in [2.75, 3.05) is 18.2 Å². The van der Waals surface area contributed by atoms with Crippen molar-refractivity contribution in [3.8, 4) is 0 Å². The standard InChI is InChI=1S/C12H18N4O4/c1-7(2)6-8(12(17)20-3)14-10-5-4-9(16(18)19)11(13)15-10/h4-5,7-8H,6H2,1-3H3,(H3,13,14,15). The van der Waals surface area contributed by atoms with Gasteiger partial charge in [0.15, 0.2) is 0 Å². The smallest absolute Gasteiger partial charge is 0.328 e. The van der Waals surface area contributed by atoms with Crippen LogP contribution in [0.1, 0.15) is 20.3 Å². The van der Waals surface area contributed by atoms with Crippen LogP contribution in [0.4, 0.5) is 17.3 Å². The maximum Gasteiger partial charge on any atom is 0.328 e. The van der Waals surface area contributed by atoms with E-state index in [1.54, 1.807) is 0 Å². The number of nitrogen functional groups attached to an aromatic ring is 1. The lowest BCUT2D eigenvalue weighted by atomic mass is 10.0. The van der Waals surface area contributed by atoms with Gasteiger partial charge in [0, 0.05) is 6.07 Å². The number of rotatable bonds is 6. The quantitative estimate of drug-likeness (QED) is 0.461. The molecule has 0 spiro atoms. The van der Waals surface area contributed by atoms with Crippen LogP contribution in [0.15, 0.2) is 12.1 Å². The molecule has 0 radical (unpaired) electrons. The number of anilines is 2. The molecule has 1 unspecified atom stereocenters. The summed E-state index contributed by atoms with van der Waals surface area (Å²) in [7, 11) is 1.30. The number of ether oxygens (including phenoxy) is 1. The highest BCUT2D eigenvalue weighted by Crippen LogP contribution is 2.22. The molecule has 0 aliphatic carbocycles. The zero-order valence-corrected chi connectivity index (χ0v) is 11.6. The second kappa shape index (κ2) is 6.69. The number of nitrogens with zero attached hydrogens (tertiary/aromatic N) is 2. The molecule has 0 amide bonds. The van der Waals surface area contributed by atoms with Gasteiger partial charge in [-0.3, -0.25) is 10.1 Å². The van der Waals surface area contributed by atoms with Crippen LogP contribution in [0.5, 0.6) is 0 Å². The number of hydrogen-bond acceptors (Lipinski definition) is 7. The van der Waals surface area contributed by atoms with Crippen LogP contribution >= 0.6 is 0 Å². The summed E-state index contributed by atoms with van der Waals surface area (Å²) in [5, 5.41) is 13.5. The van der Waals surface area contributed by atoms with Crippen molar-refractivity contribution in [3.63, 3.8) is 0 Å². The Bertz CT molecular complexity index is 504. The molecular weight excluding hydrogens is 264 g/mol. The fourth-order valence-electron chi connectivity index (χ4n) is 1.71. The van der Waals surface area contributed by atoms with Gasteiger partial charge in [0.05, 0.1) is 12.0 Å². The molecule has 1 atom stereocenters. The van der Waals surface area contributed by atoms with Crippen molar-refractivity contribution < 1.29 is 14.5 Å². The number of hydrogen-bond donors (Lipinski definition) is 2. The summed E-state index contributed by atoms with van der Waals surface area (Å²) < 4.78 is 4.71. The number of carbonyl (C=O) groups is 1. The first-order valence-electron chi connectivity index (χ1n) is 6.10. The predicted molar refractivity (Wildman–Crippen MR) is 74.2 cm³/mol. The van der Waals surface area contributed by atoms with Crippen LogP contribution in [-0.4, -0.2) is 29.0 Å². The van der Waals surface area contributed by atoms with E-state index >= 15 is 0 Å². The molecular formula is C12H18N4O4. The SMILES string of the molecule is COC(=O)C(CC(C)C)Nc1ccc([N+](=O)[O-])c(N)n1. The van der Waals surface area contributed by atoms with E-state index in [9.17, 15) is 14.9 Å². The van der Waals surface area contributed by atoms with Crippen molar-refractivity contribution >= 4 is 23.3 Å². The van der Waals surface area contributed by atoms with Crippen LogP contribution in [0.3, 0.4) is 0 Å². The van der Waals surface area contributed by atoms with E-state index in [4.69, 9.17) is 10.5 Å². The van der Waals surface area contributed by atoms with Crippen LogP contribution in [0.25, 0.3) is 0 Å². The van der Waals surface area contributed by atoms with Crippen LogP contribution in [0, 0.1) is 16.0 Å². The average molecular weight is 282 g/mol. The first-order chi connectivity index (χ1) is 9.35. The summed E-state index contributed by atoms with van der Waals surface area (Å²) in [5.41, 5.74) is 5.23. The lowest BCUT2D eigenvalue weighted by molar-refractivity contribution is -0.384. The Labute approximate surface area is 116 Å². The molecule has 20 heavy (non-hydrogen) atoms. The van der Waals surface area contributed by atoms with E-state index in [0.717, 1.165) is 0 Å². The molecule has 8 heteroatoms. The largest absolute Gasteiger partial charge is 0.467 e. The van der Waals surface area contributed by atoms with Gasteiger partial charge in [-0.1, -0.05) is 13.8 Å². The minimum atomic E-state index is -0.613. The number of carbonyl (C=O) groups excluding carboxylic acids is 1. The van der Waals surface area contributed by atoms with Gasteiger partial charge in [0.2, 0.25) is 5.82 Å². The Morgan fingerprint density at radius 2 is 2.20 bits per heavy atom. The second-order valence-electron chi connectivity index (χ2n) is 4.71. The van der Waals surface area contributed by atoms with Gasteiger partial charge in [0.25, 0.3) is 0 Å². The van der Waals surface area contributed by atoms with Gasteiger partial charge >= 0.3 is 11.7 Å². The van der Waals surface area contributed by atoms with Gasteiger partial charge in [-0.05, 0) is 18.4 Å². The Balaban J connectivity index is 2.91. The van der Waals surface area contributed by atoms with Crippen LogP contribution < -0.4 is 11.1 Å². The summed E-state index contributed by atoms with van der Waals surface area (Å²) in [6, 6.07) is 2.08. The van der Waals surface area contributed by atoms with E-state index in [1.807, 2.05) is 13.8 Å². The first kappa shape index (κ1) is 15.7. The van der Waals surface area contributed by atoms with Crippen molar-refractivity contribution in [3.05, 3.63) is 22.2 Å². The molecule has 3 N–H and O–H groups in total. The molecule has 0 aromatic carbocycles. The molecule has 1 aromatic heterocycles. The molecule has 0 saturated carbocycles. The topological polar surface area (TPSA) is 120 Å². The lowest BCUT2D eigenvalue weighted by Crippen LogP contribution is -2.32.